The first-order valence-electron chi connectivity index (χ1n) is 12.2. The summed E-state index contributed by atoms with van der Waals surface area (Å²) in [6.45, 7) is 4.85. The number of carboxylic acids is 1. The monoisotopic (exact) mass is 474 g/mol. The first kappa shape index (κ1) is 23.1. The quantitative estimate of drug-likeness (QED) is 0.563. The number of nitrogens with one attached hydrogen (secondary N) is 1. The fraction of sp³-hybridized carbons (Fsp3) is 0.393. The molecular formula is C28H30N2O5. The molecule has 5 rings (SSSR count). The van der Waals surface area contributed by atoms with E-state index in [9.17, 15) is 19.5 Å². The van der Waals surface area contributed by atoms with Gasteiger partial charge in [0.1, 0.15) is 12.6 Å². The Morgan fingerprint density at radius 2 is 1.74 bits per heavy atom. The smallest absolute Gasteiger partial charge is 0.407 e. The van der Waals surface area contributed by atoms with E-state index in [1.54, 1.807) is 11.0 Å². The summed E-state index contributed by atoms with van der Waals surface area (Å²) in [6.07, 6.45) is 2.76. The largest absolute Gasteiger partial charge is 0.481 e. The number of fused-ring (bicyclic) bond motifs is 4. The number of ether oxygens (including phenoxy) is 1. The van der Waals surface area contributed by atoms with E-state index in [0.717, 1.165) is 22.3 Å². The number of likely N-dealkylation sites (tertiary alicyclic amines) is 1. The van der Waals surface area contributed by atoms with E-state index in [0.29, 0.717) is 32.4 Å². The predicted molar refractivity (Wildman–Crippen MR) is 131 cm³/mol. The Morgan fingerprint density at radius 3 is 2.37 bits per heavy atom. The van der Waals surface area contributed by atoms with Gasteiger partial charge in [-0.15, -0.1) is 6.58 Å². The van der Waals surface area contributed by atoms with Crippen LogP contribution in [0.5, 0.6) is 0 Å². The lowest BCUT2D eigenvalue weighted by Crippen LogP contribution is -2.50. The van der Waals surface area contributed by atoms with Gasteiger partial charge in [-0.1, -0.05) is 54.6 Å². The van der Waals surface area contributed by atoms with Crippen molar-refractivity contribution in [1.29, 1.82) is 0 Å². The van der Waals surface area contributed by atoms with Crippen molar-refractivity contribution >= 4 is 18.0 Å². The maximum absolute atomic E-state index is 13.2. The number of hydrogen-bond donors (Lipinski definition) is 2. The molecule has 182 valence electrons. The van der Waals surface area contributed by atoms with Gasteiger partial charge in [0.25, 0.3) is 0 Å². The van der Waals surface area contributed by atoms with Crippen LogP contribution in [-0.2, 0) is 14.3 Å². The third-order valence-electron chi connectivity index (χ3n) is 7.69. The highest BCUT2D eigenvalue weighted by Gasteiger charge is 2.57. The number of amides is 2. The second-order valence-electron chi connectivity index (χ2n) is 9.65. The normalized spacial score (nSPS) is 22.9. The molecule has 2 aromatic rings. The Labute approximate surface area is 204 Å². The van der Waals surface area contributed by atoms with Crippen LogP contribution in [0.25, 0.3) is 11.1 Å². The lowest BCUT2D eigenvalue weighted by atomic mass is 9.98. The second-order valence-corrected chi connectivity index (χ2v) is 9.65. The van der Waals surface area contributed by atoms with Gasteiger partial charge in [-0.2, -0.15) is 0 Å². The average Bonchev–Trinajstić information content (AvgIpc) is 3.52. The van der Waals surface area contributed by atoms with E-state index in [2.05, 4.69) is 36.2 Å². The molecule has 2 amide bonds. The molecule has 35 heavy (non-hydrogen) atoms. The summed E-state index contributed by atoms with van der Waals surface area (Å²) >= 11 is 0. The lowest BCUT2D eigenvalue weighted by Gasteiger charge is -2.30. The number of carboxylic acid groups (broad SMARTS) is 1. The summed E-state index contributed by atoms with van der Waals surface area (Å²) in [6, 6.07) is 15.5. The lowest BCUT2D eigenvalue weighted by molar-refractivity contribution is -0.139. The number of nitrogens with zero attached hydrogens (tertiary/aromatic N) is 1. The van der Waals surface area contributed by atoms with E-state index in [4.69, 9.17) is 4.74 Å². The van der Waals surface area contributed by atoms with Crippen LogP contribution >= 0.6 is 0 Å². The van der Waals surface area contributed by atoms with Crippen LogP contribution in [-0.4, -0.2) is 53.7 Å². The molecule has 3 aliphatic rings. The van der Waals surface area contributed by atoms with Crippen molar-refractivity contribution in [3.8, 4) is 11.1 Å². The SMILES string of the molecule is C=CCCC(NC(=O)OCC1c2ccccc2-c2ccccc21)C(=O)N1CCC2C(C1)C2C(=O)O. The molecule has 0 bridgehead atoms. The Kier molecular flexibility index (Phi) is 6.32. The van der Waals surface area contributed by atoms with Gasteiger partial charge >= 0.3 is 12.1 Å². The van der Waals surface area contributed by atoms with Gasteiger partial charge in [0.2, 0.25) is 5.91 Å². The molecule has 4 atom stereocenters. The Bertz CT molecular complexity index is 1120. The van der Waals surface area contributed by atoms with E-state index < -0.39 is 18.1 Å². The summed E-state index contributed by atoms with van der Waals surface area (Å²) in [5, 5.41) is 12.1. The molecule has 0 radical (unpaired) electrons. The topological polar surface area (TPSA) is 95.9 Å². The zero-order valence-electron chi connectivity index (χ0n) is 19.6. The summed E-state index contributed by atoms with van der Waals surface area (Å²) in [5.74, 6) is -1.20. The Balaban J connectivity index is 1.22. The number of carbonyl (C=O) groups is 3. The van der Waals surface area contributed by atoms with Gasteiger partial charge in [-0.25, -0.2) is 4.79 Å². The molecule has 1 saturated heterocycles. The Hall–Kier alpha value is -3.61. The highest BCUT2D eigenvalue weighted by atomic mass is 16.5. The molecular weight excluding hydrogens is 444 g/mol. The summed E-state index contributed by atoms with van der Waals surface area (Å²) in [7, 11) is 0. The van der Waals surface area contributed by atoms with E-state index >= 15 is 0 Å². The van der Waals surface area contributed by atoms with Crippen molar-refractivity contribution in [3.63, 3.8) is 0 Å². The van der Waals surface area contributed by atoms with Gasteiger partial charge in [-0.3, -0.25) is 9.59 Å². The molecule has 1 saturated carbocycles. The van der Waals surface area contributed by atoms with Crippen LogP contribution in [0.4, 0.5) is 4.79 Å². The van der Waals surface area contributed by atoms with Crippen molar-refractivity contribution in [1.82, 2.24) is 10.2 Å². The van der Waals surface area contributed by atoms with Gasteiger partial charge in [-0.05, 0) is 53.4 Å². The minimum atomic E-state index is -0.783. The third kappa shape index (κ3) is 4.43. The third-order valence-corrected chi connectivity index (χ3v) is 7.69. The second kappa shape index (κ2) is 9.56. The molecule has 4 unspecified atom stereocenters. The number of benzene rings is 2. The van der Waals surface area contributed by atoms with Crippen LogP contribution in [0.1, 0.15) is 36.3 Å². The molecule has 0 aromatic heterocycles. The van der Waals surface area contributed by atoms with Gasteiger partial charge in [0.15, 0.2) is 0 Å². The zero-order valence-corrected chi connectivity index (χ0v) is 19.6. The number of carbonyl (C=O) groups excluding carboxylic acids is 2. The molecule has 2 fully saturated rings. The molecule has 7 nitrogen and oxygen atoms in total. The van der Waals surface area contributed by atoms with Crippen LogP contribution in [0, 0.1) is 17.8 Å². The molecule has 1 aliphatic heterocycles. The average molecular weight is 475 g/mol. The van der Waals surface area contributed by atoms with Crippen molar-refractivity contribution < 1.29 is 24.2 Å². The van der Waals surface area contributed by atoms with Gasteiger partial charge in [0, 0.05) is 19.0 Å². The van der Waals surface area contributed by atoms with Crippen molar-refractivity contribution in [2.24, 2.45) is 17.8 Å². The van der Waals surface area contributed by atoms with Crippen molar-refractivity contribution in [2.75, 3.05) is 19.7 Å². The molecule has 1 heterocycles. The number of piperidine rings is 1. The van der Waals surface area contributed by atoms with Crippen molar-refractivity contribution in [2.45, 2.75) is 31.2 Å². The number of alkyl carbamates (subject to hydrolysis) is 1. The molecule has 7 heteroatoms. The summed E-state index contributed by atoms with van der Waals surface area (Å²) in [4.78, 5) is 39.1. The zero-order chi connectivity index (χ0) is 24.5. The Morgan fingerprint density at radius 1 is 1.09 bits per heavy atom. The fourth-order valence-electron chi connectivity index (χ4n) is 5.85. The van der Waals surface area contributed by atoms with E-state index in [-0.39, 0.29) is 36.2 Å². The summed E-state index contributed by atoms with van der Waals surface area (Å²) in [5.41, 5.74) is 4.56. The first-order valence-corrected chi connectivity index (χ1v) is 12.2. The number of rotatable bonds is 8. The number of hydrogen-bond acceptors (Lipinski definition) is 4. The van der Waals surface area contributed by atoms with Crippen LogP contribution < -0.4 is 5.32 Å². The van der Waals surface area contributed by atoms with Crippen LogP contribution in [0.3, 0.4) is 0 Å². The molecule has 2 N–H and O–H groups in total. The van der Waals surface area contributed by atoms with Crippen LogP contribution in [0.15, 0.2) is 61.2 Å². The predicted octanol–water partition coefficient (Wildman–Crippen LogP) is 4.04. The highest BCUT2D eigenvalue weighted by Crippen LogP contribution is 2.51. The molecule has 2 aliphatic carbocycles. The minimum absolute atomic E-state index is 0.0136. The minimum Gasteiger partial charge on any atom is -0.481 e. The van der Waals surface area contributed by atoms with Gasteiger partial charge in [0.05, 0.1) is 5.92 Å². The maximum Gasteiger partial charge on any atom is 0.407 e. The maximum atomic E-state index is 13.2. The van der Waals surface area contributed by atoms with Crippen LogP contribution in [0.2, 0.25) is 0 Å². The fourth-order valence-corrected chi connectivity index (χ4v) is 5.85. The van der Waals surface area contributed by atoms with E-state index in [1.165, 1.54) is 0 Å². The highest BCUT2D eigenvalue weighted by molar-refractivity contribution is 5.86. The molecule has 2 aromatic carbocycles. The van der Waals surface area contributed by atoms with Crippen molar-refractivity contribution in [3.05, 3.63) is 72.3 Å². The number of allylic oxidation sites excluding steroid dienone is 1. The molecule has 0 spiro atoms. The summed E-state index contributed by atoms with van der Waals surface area (Å²) < 4.78 is 5.64. The first-order chi connectivity index (χ1) is 17.0. The number of aliphatic carboxylic acids is 1. The standard InChI is InChI=1S/C28H30N2O5/c1-2-3-12-24(26(31)30-14-13-21-22(15-30)25(21)27(32)33)29-28(34)35-16-23-19-10-6-4-8-17(19)18-9-5-7-11-20(18)23/h2,4-11,21-25H,1,3,12-16H2,(H,29,34)(H,32,33). The van der Waals surface area contributed by atoms with Gasteiger partial charge < -0.3 is 20.1 Å². The van der Waals surface area contributed by atoms with E-state index in [1.807, 2.05) is 24.3 Å².